The fraction of sp³-hybridized carbons (Fsp3) is 0.167. The van der Waals surface area contributed by atoms with Gasteiger partial charge in [0, 0.05) is 12.0 Å². The van der Waals surface area contributed by atoms with Crippen LogP contribution < -0.4 is 0 Å². The lowest BCUT2D eigenvalue weighted by Crippen LogP contribution is -1.97. The molecule has 0 radical (unpaired) electrons. The van der Waals surface area contributed by atoms with Crippen LogP contribution in [0.25, 0.3) is 11.5 Å². The number of aryl methyl sites for hydroxylation is 1. The maximum Gasteiger partial charge on any atom is 0.303 e. The maximum absolute atomic E-state index is 10.4. The van der Waals surface area contributed by atoms with Crippen LogP contribution in [0.1, 0.15) is 12.1 Å². The molecule has 2 aromatic rings. The Morgan fingerprint density at radius 2 is 2.00 bits per heavy atom. The van der Waals surface area contributed by atoms with Crippen LogP contribution in [0.5, 0.6) is 5.75 Å². The Labute approximate surface area is 97.3 Å². The van der Waals surface area contributed by atoms with Crippen LogP contribution in [0.4, 0.5) is 0 Å². The molecule has 1 aromatic carbocycles. The number of benzene rings is 1. The van der Waals surface area contributed by atoms with Crippen molar-refractivity contribution < 1.29 is 19.4 Å². The highest BCUT2D eigenvalue weighted by Crippen LogP contribution is 2.21. The molecule has 0 atom stereocenters. The number of carbonyl (C=O) groups is 1. The summed E-state index contributed by atoms with van der Waals surface area (Å²) < 4.78 is 5.24. The van der Waals surface area contributed by atoms with Gasteiger partial charge in [-0.15, -0.1) is 0 Å². The molecule has 1 heterocycles. The number of rotatable bonds is 4. The molecule has 0 fully saturated rings. The molecule has 0 amide bonds. The highest BCUT2D eigenvalue weighted by molar-refractivity contribution is 5.67. The van der Waals surface area contributed by atoms with Gasteiger partial charge in [-0.2, -0.15) is 0 Å². The molecule has 1 aromatic heterocycles. The molecule has 0 saturated heterocycles. The average molecular weight is 233 g/mol. The number of hydrogen-bond acceptors (Lipinski definition) is 4. The first kappa shape index (κ1) is 11.2. The Hall–Kier alpha value is -2.30. The second kappa shape index (κ2) is 4.69. The van der Waals surface area contributed by atoms with E-state index in [1.54, 1.807) is 12.1 Å². The van der Waals surface area contributed by atoms with E-state index in [0.29, 0.717) is 18.0 Å². The zero-order valence-electron chi connectivity index (χ0n) is 8.96. The second-order valence-corrected chi connectivity index (χ2v) is 3.58. The van der Waals surface area contributed by atoms with Crippen LogP contribution >= 0.6 is 0 Å². The smallest absolute Gasteiger partial charge is 0.303 e. The number of aromatic nitrogens is 1. The number of phenolic OH excluding ortho intramolecular Hbond substituents is 1. The van der Waals surface area contributed by atoms with Crippen molar-refractivity contribution in [2.75, 3.05) is 0 Å². The Morgan fingerprint density at radius 1 is 1.29 bits per heavy atom. The number of hydrogen-bond donors (Lipinski definition) is 2. The molecule has 5 heteroatoms. The van der Waals surface area contributed by atoms with E-state index in [2.05, 4.69) is 4.98 Å². The van der Waals surface area contributed by atoms with Gasteiger partial charge in [-0.3, -0.25) is 4.79 Å². The fourth-order valence-electron chi connectivity index (χ4n) is 1.39. The monoisotopic (exact) mass is 233 g/mol. The highest BCUT2D eigenvalue weighted by Gasteiger charge is 2.08. The van der Waals surface area contributed by atoms with Crippen LogP contribution in [0.15, 0.2) is 34.9 Å². The van der Waals surface area contributed by atoms with Crippen molar-refractivity contribution in [3.63, 3.8) is 0 Å². The Bertz CT molecular complexity index is 516. The third-order valence-corrected chi connectivity index (χ3v) is 2.26. The van der Waals surface area contributed by atoms with Gasteiger partial charge in [0.1, 0.15) is 12.0 Å². The van der Waals surface area contributed by atoms with E-state index < -0.39 is 5.97 Å². The number of carboxylic acid groups (broad SMARTS) is 1. The van der Waals surface area contributed by atoms with Crippen molar-refractivity contribution in [3.8, 4) is 17.2 Å². The van der Waals surface area contributed by atoms with E-state index in [1.807, 2.05) is 0 Å². The van der Waals surface area contributed by atoms with E-state index in [-0.39, 0.29) is 12.2 Å². The van der Waals surface area contributed by atoms with Gasteiger partial charge in [0.05, 0.1) is 12.1 Å². The molecular formula is C12H11NO4. The van der Waals surface area contributed by atoms with Gasteiger partial charge < -0.3 is 14.6 Å². The Morgan fingerprint density at radius 3 is 2.65 bits per heavy atom. The third kappa shape index (κ3) is 2.84. The first-order valence-corrected chi connectivity index (χ1v) is 5.11. The van der Waals surface area contributed by atoms with E-state index in [1.165, 1.54) is 18.4 Å². The van der Waals surface area contributed by atoms with Gasteiger partial charge >= 0.3 is 5.97 Å². The van der Waals surface area contributed by atoms with Crippen molar-refractivity contribution in [2.24, 2.45) is 0 Å². The molecule has 17 heavy (non-hydrogen) atoms. The molecule has 0 bridgehead atoms. The van der Waals surface area contributed by atoms with Crippen LogP contribution in [-0.2, 0) is 11.2 Å². The standard InChI is InChI=1S/C12H11NO4/c14-10-4-1-8(2-5-10)12-13-9(7-17-12)3-6-11(15)16/h1-2,4-5,7,14H,3,6H2,(H,15,16). The van der Waals surface area contributed by atoms with E-state index in [9.17, 15) is 4.79 Å². The summed E-state index contributed by atoms with van der Waals surface area (Å²) in [5, 5.41) is 17.7. The van der Waals surface area contributed by atoms with E-state index >= 15 is 0 Å². The molecule has 2 N–H and O–H groups in total. The predicted octanol–water partition coefficient (Wildman–Crippen LogP) is 2.06. The van der Waals surface area contributed by atoms with Crippen LogP contribution in [0, 0.1) is 0 Å². The highest BCUT2D eigenvalue weighted by atomic mass is 16.4. The van der Waals surface area contributed by atoms with Gasteiger partial charge in [-0.25, -0.2) is 4.98 Å². The molecular weight excluding hydrogens is 222 g/mol. The first-order chi connectivity index (χ1) is 8.15. The van der Waals surface area contributed by atoms with Crippen molar-refractivity contribution in [3.05, 3.63) is 36.2 Å². The summed E-state index contributed by atoms with van der Waals surface area (Å²) in [6, 6.07) is 6.44. The molecule has 0 aliphatic carbocycles. The summed E-state index contributed by atoms with van der Waals surface area (Å²) >= 11 is 0. The second-order valence-electron chi connectivity index (χ2n) is 3.58. The molecule has 0 unspecified atom stereocenters. The molecule has 5 nitrogen and oxygen atoms in total. The summed E-state index contributed by atoms with van der Waals surface area (Å²) in [4.78, 5) is 14.6. The summed E-state index contributed by atoms with van der Waals surface area (Å²) in [6.07, 6.45) is 1.82. The zero-order valence-corrected chi connectivity index (χ0v) is 8.96. The SMILES string of the molecule is O=C(O)CCc1coc(-c2ccc(O)cc2)n1. The molecule has 0 aliphatic rings. The normalized spacial score (nSPS) is 10.4. The van der Waals surface area contributed by atoms with Gasteiger partial charge in [0.25, 0.3) is 0 Å². The predicted molar refractivity (Wildman–Crippen MR) is 59.6 cm³/mol. The van der Waals surface area contributed by atoms with Crippen molar-refractivity contribution in [1.29, 1.82) is 0 Å². The summed E-state index contributed by atoms with van der Waals surface area (Å²) in [6.45, 7) is 0. The Balaban J connectivity index is 2.12. The number of aromatic hydroxyl groups is 1. The number of nitrogens with zero attached hydrogens (tertiary/aromatic N) is 1. The van der Waals surface area contributed by atoms with E-state index in [4.69, 9.17) is 14.6 Å². The molecule has 2 rings (SSSR count). The third-order valence-electron chi connectivity index (χ3n) is 2.26. The van der Waals surface area contributed by atoms with Gasteiger partial charge in [0.2, 0.25) is 5.89 Å². The molecule has 0 saturated carbocycles. The number of phenols is 1. The molecule has 0 spiro atoms. The van der Waals surface area contributed by atoms with Crippen LogP contribution in [-0.4, -0.2) is 21.2 Å². The minimum Gasteiger partial charge on any atom is -0.508 e. The van der Waals surface area contributed by atoms with E-state index in [0.717, 1.165) is 5.56 Å². The van der Waals surface area contributed by atoms with Crippen molar-refractivity contribution >= 4 is 5.97 Å². The minimum atomic E-state index is -0.862. The van der Waals surface area contributed by atoms with Gasteiger partial charge in [-0.05, 0) is 24.3 Å². The maximum atomic E-state index is 10.4. The zero-order chi connectivity index (χ0) is 12.3. The van der Waals surface area contributed by atoms with Crippen molar-refractivity contribution in [1.82, 2.24) is 4.98 Å². The van der Waals surface area contributed by atoms with Crippen LogP contribution in [0.3, 0.4) is 0 Å². The summed E-state index contributed by atoms with van der Waals surface area (Å²) in [5.74, 6) is -0.268. The first-order valence-electron chi connectivity index (χ1n) is 5.11. The van der Waals surface area contributed by atoms with Crippen LogP contribution in [0.2, 0.25) is 0 Å². The summed E-state index contributed by atoms with van der Waals surface area (Å²) in [7, 11) is 0. The Kier molecular flexibility index (Phi) is 3.09. The van der Waals surface area contributed by atoms with Gasteiger partial charge in [0.15, 0.2) is 0 Å². The van der Waals surface area contributed by atoms with Gasteiger partial charge in [-0.1, -0.05) is 0 Å². The number of oxazole rings is 1. The lowest BCUT2D eigenvalue weighted by molar-refractivity contribution is -0.136. The number of carboxylic acids is 1. The topological polar surface area (TPSA) is 83.6 Å². The number of aliphatic carboxylic acids is 1. The fourth-order valence-corrected chi connectivity index (χ4v) is 1.39. The largest absolute Gasteiger partial charge is 0.508 e. The lowest BCUT2D eigenvalue weighted by atomic mass is 10.2. The quantitative estimate of drug-likeness (QED) is 0.844. The molecule has 0 aliphatic heterocycles. The summed E-state index contributed by atoms with van der Waals surface area (Å²) in [5.41, 5.74) is 1.35. The average Bonchev–Trinajstić information content (AvgIpc) is 2.76. The lowest BCUT2D eigenvalue weighted by Gasteiger charge is -1.95. The molecule has 88 valence electrons. The van der Waals surface area contributed by atoms with Crippen molar-refractivity contribution in [2.45, 2.75) is 12.8 Å². The minimum absolute atomic E-state index is 0.0293.